The first-order valence-electron chi connectivity index (χ1n) is 10.1. The van der Waals surface area contributed by atoms with Gasteiger partial charge in [-0.2, -0.15) is 4.31 Å². The van der Waals surface area contributed by atoms with Crippen molar-refractivity contribution in [3.8, 4) is 16.9 Å². The molecule has 176 valence electrons. The van der Waals surface area contributed by atoms with Crippen molar-refractivity contribution in [2.45, 2.75) is 55.9 Å². The van der Waals surface area contributed by atoms with E-state index in [-0.39, 0.29) is 26.7 Å². The van der Waals surface area contributed by atoms with E-state index in [0.29, 0.717) is 24.8 Å². The Labute approximate surface area is 190 Å². The molecule has 2 aromatic rings. The fourth-order valence-electron chi connectivity index (χ4n) is 3.39. The predicted octanol–water partition coefficient (Wildman–Crippen LogP) is 3.41. The number of primary sulfonamides is 1. The van der Waals surface area contributed by atoms with Gasteiger partial charge in [0, 0.05) is 17.6 Å². The van der Waals surface area contributed by atoms with Crippen LogP contribution in [0.2, 0.25) is 0 Å². The zero-order chi connectivity index (χ0) is 24.3. The lowest BCUT2D eigenvalue weighted by molar-refractivity contribution is 0.112. The van der Waals surface area contributed by atoms with Crippen molar-refractivity contribution in [3.63, 3.8) is 0 Å². The molecule has 0 saturated heterocycles. The molecule has 0 fully saturated rings. The summed E-state index contributed by atoms with van der Waals surface area (Å²) in [7, 11) is -6.62. The maximum absolute atomic E-state index is 13.6. The van der Waals surface area contributed by atoms with Crippen LogP contribution in [0.4, 0.5) is 0 Å². The minimum Gasteiger partial charge on any atom is -0.495 e. The Morgan fingerprint density at radius 1 is 1.06 bits per heavy atom. The smallest absolute Gasteiger partial charge is 0.243 e. The summed E-state index contributed by atoms with van der Waals surface area (Å²) in [6, 6.07) is 8.40. The van der Waals surface area contributed by atoms with Crippen LogP contribution in [0.5, 0.6) is 5.75 Å². The number of aldehydes is 1. The molecule has 0 aromatic heterocycles. The SMILES string of the molecule is CCCCN(C(C)(C)C)S(=O)(=O)c1cc(C=O)c(OC)c(-c2cccc(S(N)(=O)=O)c2)c1. The van der Waals surface area contributed by atoms with E-state index in [2.05, 4.69) is 0 Å². The van der Waals surface area contributed by atoms with E-state index in [4.69, 9.17) is 9.88 Å². The summed E-state index contributed by atoms with van der Waals surface area (Å²) in [5, 5.41) is 5.25. The summed E-state index contributed by atoms with van der Waals surface area (Å²) in [6.45, 7) is 7.71. The predicted molar refractivity (Wildman–Crippen MR) is 124 cm³/mol. The number of rotatable bonds is 9. The number of carbonyl (C=O) groups is 1. The van der Waals surface area contributed by atoms with Crippen molar-refractivity contribution in [1.29, 1.82) is 0 Å². The molecular formula is C22H30N2O6S2. The Kier molecular flexibility index (Phi) is 7.87. The van der Waals surface area contributed by atoms with Crippen LogP contribution in [-0.2, 0) is 20.0 Å². The molecule has 0 amide bonds. The molecule has 2 N–H and O–H groups in total. The number of nitrogens with zero attached hydrogens (tertiary/aromatic N) is 1. The van der Waals surface area contributed by atoms with Gasteiger partial charge in [-0.05, 0) is 57.0 Å². The normalized spacial score (nSPS) is 12.7. The van der Waals surface area contributed by atoms with Crippen LogP contribution in [0.25, 0.3) is 11.1 Å². The van der Waals surface area contributed by atoms with Gasteiger partial charge in [0.25, 0.3) is 0 Å². The Balaban J connectivity index is 2.81. The molecule has 0 spiro atoms. The summed E-state index contributed by atoms with van der Waals surface area (Å²) >= 11 is 0. The van der Waals surface area contributed by atoms with Crippen molar-refractivity contribution in [1.82, 2.24) is 4.31 Å². The molecule has 8 nitrogen and oxygen atoms in total. The summed E-state index contributed by atoms with van der Waals surface area (Å²) in [4.78, 5) is 11.6. The molecule has 10 heteroatoms. The first kappa shape index (κ1) is 26.0. The van der Waals surface area contributed by atoms with Gasteiger partial charge in [0.15, 0.2) is 6.29 Å². The fraction of sp³-hybridized carbons (Fsp3) is 0.409. The van der Waals surface area contributed by atoms with Crippen LogP contribution in [-0.4, -0.2) is 46.6 Å². The van der Waals surface area contributed by atoms with Crippen molar-refractivity contribution in [2.75, 3.05) is 13.7 Å². The van der Waals surface area contributed by atoms with Crippen LogP contribution >= 0.6 is 0 Å². The lowest BCUT2D eigenvalue weighted by Gasteiger charge is -2.34. The van der Waals surface area contributed by atoms with Gasteiger partial charge in [-0.1, -0.05) is 25.5 Å². The third-order valence-electron chi connectivity index (χ3n) is 4.95. The molecule has 0 bridgehead atoms. The van der Waals surface area contributed by atoms with E-state index in [1.807, 2.05) is 6.92 Å². The molecule has 0 radical (unpaired) electrons. The first-order valence-corrected chi connectivity index (χ1v) is 13.1. The van der Waals surface area contributed by atoms with Crippen LogP contribution in [0.1, 0.15) is 50.9 Å². The molecule has 0 atom stereocenters. The van der Waals surface area contributed by atoms with Crippen molar-refractivity contribution in [2.24, 2.45) is 5.14 Å². The second-order valence-corrected chi connectivity index (χ2v) is 11.8. The Bertz CT molecular complexity index is 1200. The van der Waals surface area contributed by atoms with E-state index >= 15 is 0 Å². The van der Waals surface area contributed by atoms with Gasteiger partial charge in [0.1, 0.15) is 5.75 Å². The summed E-state index contributed by atoms with van der Waals surface area (Å²) < 4.78 is 57.6. The number of methoxy groups -OCH3 is 1. The van der Waals surface area contributed by atoms with Crippen LogP contribution in [0, 0.1) is 0 Å². The molecule has 0 unspecified atom stereocenters. The molecule has 0 heterocycles. The Morgan fingerprint density at radius 2 is 1.72 bits per heavy atom. The third kappa shape index (κ3) is 5.55. The Morgan fingerprint density at radius 3 is 2.22 bits per heavy atom. The average Bonchev–Trinajstić information content (AvgIpc) is 2.71. The topological polar surface area (TPSA) is 124 Å². The first-order chi connectivity index (χ1) is 14.8. The molecular weight excluding hydrogens is 452 g/mol. The number of hydrogen-bond donors (Lipinski definition) is 1. The molecule has 0 aliphatic heterocycles. The molecule has 2 aromatic carbocycles. The minimum absolute atomic E-state index is 0.0361. The van der Waals surface area contributed by atoms with Crippen molar-refractivity contribution in [3.05, 3.63) is 42.0 Å². The highest BCUT2D eigenvalue weighted by Crippen LogP contribution is 2.37. The average molecular weight is 483 g/mol. The van der Waals surface area contributed by atoms with E-state index in [0.717, 1.165) is 6.42 Å². The summed E-state index contributed by atoms with van der Waals surface area (Å²) in [6.07, 6.45) is 2.00. The van der Waals surface area contributed by atoms with Crippen molar-refractivity contribution < 1.29 is 26.4 Å². The molecule has 0 aliphatic rings. The Hall–Kier alpha value is -2.27. The highest BCUT2D eigenvalue weighted by Gasteiger charge is 2.34. The lowest BCUT2D eigenvalue weighted by Crippen LogP contribution is -2.46. The van der Waals surface area contributed by atoms with E-state index < -0.39 is 25.6 Å². The number of benzene rings is 2. The van der Waals surface area contributed by atoms with Gasteiger partial charge in [-0.3, -0.25) is 4.79 Å². The zero-order valence-corrected chi connectivity index (χ0v) is 20.6. The molecule has 2 rings (SSSR count). The monoisotopic (exact) mass is 482 g/mol. The van der Waals surface area contributed by atoms with E-state index in [1.165, 1.54) is 41.7 Å². The lowest BCUT2D eigenvalue weighted by atomic mass is 10.0. The van der Waals surface area contributed by atoms with Crippen LogP contribution in [0.15, 0.2) is 46.2 Å². The summed E-state index contributed by atoms with van der Waals surface area (Å²) in [5.74, 6) is 0.140. The number of unbranched alkanes of at least 4 members (excludes halogenated alkanes) is 1. The third-order valence-corrected chi connectivity index (χ3v) is 8.00. The number of nitrogens with two attached hydrogens (primary N) is 1. The standard InChI is InChI=1S/C22H30N2O6S2/c1-6-7-11-24(22(2,3)4)32(28,29)19-13-17(15-25)21(30-5)20(14-19)16-9-8-10-18(12-16)31(23,26)27/h8-10,12-15H,6-7,11H2,1-5H3,(H2,23,26,27). The van der Waals surface area contributed by atoms with Crippen LogP contribution in [0.3, 0.4) is 0 Å². The maximum atomic E-state index is 13.6. The van der Waals surface area contributed by atoms with Crippen LogP contribution < -0.4 is 9.88 Å². The van der Waals surface area contributed by atoms with Gasteiger partial charge >= 0.3 is 0 Å². The quantitative estimate of drug-likeness (QED) is 0.546. The fourth-order valence-corrected chi connectivity index (χ4v) is 5.84. The number of hydrogen-bond acceptors (Lipinski definition) is 6. The van der Waals surface area contributed by atoms with Gasteiger partial charge in [-0.25, -0.2) is 22.0 Å². The zero-order valence-electron chi connectivity index (χ0n) is 19.0. The second kappa shape index (κ2) is 9.70. The highest BCUT2D eigenvalue weighted by atomic mass is 32.2. The summed E-state index contributed by atoms with van der Waals surface area (Å²) in [5.41, 5.74) is -0.0351. The van der Waals surface area contributed by atoms with Crippen molar-refractivity contribution >= 4 is 26.3 Å². The maximum Gasteiger partial charge on any atom is 0.243 e. The van der Waals surface area contributed by atoms with E-state index in [9.17, 15) is 21.6 Å². The minimum atomic E-state index is -3.99. The molecule has 32 heavy (non-hydrogen) atoms. The van der Waals surface area contributed by atoms with Gasteiger partial charge in [0.2, 0.25) is 20.0 Å². The number of carbonyl (C=O) groups excluding carboxylic acids is 1. The second-order valence-electron chi connectivity index (χ2n) is 8.39. The highest BCUT2D eigenvalue weighted by molar-refractivity contribution is 7.89. The number of sulfonamides is 2. The van der Waals surface area contributed by atoms with E-state index in [1.54, 1.807) is 26.8 Å². The van der Waals surface area contributed by atoms with Gasteiger partial charge in [0.05, 0.1) is 22.5 Å². The van der Waals surface area contributed by atoms with Gasteiger partial charge in [-0.15, -0.1) is 0 Å². The molecule has 0 aliphatic carbocycles. The largest absolute Gasteiger partial charge is 0.495 e. The molecule has 0 saturated carbocycles. The number of ether oxygens (including phenoxy) is 1. The van der Waals surface area contributed by atoms with Gasteiger partial charge < -0.3 is 4.74 Å².